The van der Waals surface area contributed by atoms with Gasteiger partial charge in [0.1, 0.15) is 24.1 Å². The second-order valence-electron chi connectivity index (χ2n) is 6.81. The van der Waals surface area contributed by atoms with Crippen LogP contribution in [0.1, 0.15) is 15.9 Å². The summed E-state index contributed by atoms with van der Waals surface area (Å²) >= 11 is 2.34. The topological polar surface area (TPSA) is 84.9 Å². The third-order valence-electron chi connectivity index (χ3n) is 4.84. The number of amides is 2. The molecule has 156 valence electrons. The molecule has 2 aromatic carbocycles. The Bertz CT molecular complexity index is 980. The number of fused-ring (bicyclic) bond motifs is 1. The van der Waals surface area contributed by atoms with Crippen LogP contribution in [0.15, 0.2) is 47.4 Å². The maximum absolute atomic E-state index is 12.7. The van der Waals surface area contributed by atoms with Gasteiger partial charge in [0.2, 0.25) is 5.12 Å². The standard InChI is InChI=1S/C21H20N2O5S2/c1-27-15-6-7-18-16(11-15)19(24)23(12-29-18)8-9-28-14-4-2-13(3-5-14)10-17-20(25)30-21(26)22-17/h2-7,11,17H,8-10,12H2,1H3,(H,22,26). The lowest BCUT2D eigenvalue weighted by atomic mass is 10.1. The van der Waals surface area contributed by atoms with E-state index in [0.717, 1.165) is 22.2 Å². The monoisotopic (exact) mass is 444 g/mol. The van der Waals surface area contributed by atoms with Crippen LogP contribution >= 0.6 is 23.5 Å². The largest absolute Gasteiger partial charge is 0.497 e. The molecule has 0 spiro atoms. The summed E-state index contributed by atoms with van der Waals surface area (Å²) in [6.07, 6.45) is 0.459. The van der Waals surface area contributed by atoms with E-state index in [4.69, 9.17) is 9.47 Å². The van der Waals surface area contributed by atoms with Crippen LogP contribution in [0.25, 0.3) is 0 Å². The first-order valence-electron chi connectivity index (χ1n) is 9.37. The van der Waals surface area contributed by atoms with Crippen molar-refractivity contribution in [1.29, 1.82) is 0 Å². The van der Waals surface area contributed by atoms with Gasteiger partial charge in [0.05, 0.1) is 25.1 Å². The quantitative estimate of drug-likeness (QED) is 0.702. The number of methoxy groups -OCH3 is 1. The fourth-order valence-electron chi connectivity index (χ4n) is 3.23. The molecule has 1 saturated heterocycles. The highest BCUT2D eigenvalue weighted by Gasteiger charge is 2.31. The molecule has 0 bridgehead atoms. The highest BCUT2D eigenvalue weighted by Crippen LogP contribution is 2.32. The van der Waals surface area contributed by atoms with Crippen molar-refractivity contribution >= 4 is 39.8 Å². The average Bonchev–Trinajstić information content (AvgIpc) is 3.07. The Kier molecular flexibility index (Phi) is 6.19. The third-order valence-corrected chi connectivity index (χ3v) is 6.74. The van der Waals surface area contributed by atoms with Crippen molar-refractivity contribution < 1.29 is 23.9 Å². The number of benzene rings is 2. The molecule has 2 aliphatic rings. The molecule has 9 heteroatoms. The third kappa shape index (κ3) is 4.57. The Labute approximate surface area is 182 Å². The van der Waals surface area contributed by atoms with Gasteiger partial charge < -0.3 is 19.7 Å². The average molecular weight is 445 g/mol. The lowest BCUT2D eigenvalue weighted by Crippen LogP contribution is -2.37. The van der Waals surface area contributed by atoms with Gasteiger partial charge in [-0.05, 0) is 35.9 Å². The second kappa shape index (κ2) is 9.01. The summed E-state index contributed by atoms with van der Waals surface area (Å²) in [6, 6.07) is 12.5. The van der Waals surface area contributed by atoms with E-state index in [0.29, 0.717) is 42.5 Å². The summed E-state index contributed by atoms with van der Waals surface area (Å²) in [5.74, 6) is 1.91. The van der Waals surface area contributed by atoms with Crippen LogP contribution in [0.4, 0.5) is 4.79 Å². The van der Waals surface area contributed by atoms with E-state index >= 15 is 0 Å². The maximum atomic E-state index is 12.7. The molecule has 2 amide bonds. The van der Waals surface area contributed by atoms with Crippen LogP contribution in [0, 0.1) is 0 Å². The highest BCUT2D eigenvalue weighted by molar-refractivity contribution is 8.26. The Balaban J connectivity index is 1.28. The molecule has 2 heterocycles. The number of hydrogen-bond acceptors (Lipinski definition) is 7. The molecular weight excluding hydrogens is 424 g/mol. The van der Waals surface area contributed by atoms with E-state index < -0.39 is 6.04 Å². The van der Waals surface area contributed by atoms with Gasteiger partial charge in [-0.15, -0.1) is 11.8 Å². The molecule has 30 heavy (non-hydrogen) atoms. The number of carbonyl (C=O) groups excluding carboxylic acids is 3. The van der Waals surface area contributed by atoms with Gasteiger partial charge in [0.15, 0.2) is 0 Å². The summed E-state index contributed by atoms with van der Waals surface area (Å²) in [5.41, 5.74) is 1.60. The van der Waals surface area contributed by atoms with Gasteiger partial charge in [-0.3, -0.25) is 14.4 Å². The Hall–Kier alpha value is -2.65. The first-order valence-corrected chi connectivity index (χ1v) is 11.2. The molecule has 0 aliphatic carbocycles. The molecule has 1 atom stereocenters. The van der Waals surface area contributed by atoms with Gasteiger partial charge >= 0.3 is 0 Å². The normalized spacial score (nSPS) is 18.2. The molecule has 1 unspecified atom stereocenters. The van der Waals surface area contributed by atoms with E-state index in [2.05, 4.69) is 5.32 Å². The van der Waals surface area contributed by atoms with Gasteiger partial charge in [0, 0.05) is 23.1 Å². The minimum Gasteiger partial charge on any atom is -0.497 e. The Morgan fingerprint density at radius 1 is 1.10 bits per heavy atom. The number of nitrogens with zero attached hydrogens (tertiary/aromatic N) is 1. The minimum absolute atomic E-state index is 0.0252. The van der Waals surface area contributed by atoms with Crippen molar-refractivity contribution in [2.24, 2.45) is 0 Å². The zero-order chi connectivity index (χ0) is 21.1. The predicted molar refractivity (Wildman–Crippen MR) is 115 cm³/mol. The number of carbonyl (C=O) groups is 3. The number of rotatable bonds is 7. The number of nitrogens with one attached hydrogen (secondary N) is 1. The Morgan fingerprint density at radius 2 is 1.87 bits per heavy atom. The van der Waals surface area contributed by atoms with Crippen LogP contribution in [0.3, 0.4) is 0 Å². The highest BCUT2D eigenvalue weighted by atomic mass is 32.2. The van der Waals surface area contributed by atoms with Gasteiger partial charge in [-0.2, -0.15) is 0 Å². The first kappa shape index (κ1) is 20.6. The molecule has 1 N–H and O–H groups in total. The van der Waals surface area contributed by atoms with E-state index in [1.165, 1.54) is 0 Å². The zero-order valence-corrected chi connectivity index (χ0v) is 17.9. The second-order valence-corrected chi connectivity index (χ2v) is 8.77. The van der Waals surface area contributed by atoms with Crippen LogP contribution in [-0.2, 0) is 11.2 Å². The number of thioether (sulfide) groups is 2. The molecule has 2 aliphatic heterocycles. The molecule has 7 nitrogen and oxygen atoms in total. The Morgan fingerprint density at radius 3 is 2.57 bits per heavy atom. The molecule has 0 aromatic heterocycles. The van der Waals surface area contributed by atoms with Crippen molar-refractivity contribution in [3.05, 3.63) is 53.6 Å². The molecule has 0 saturated carbocycles. The lowest BCUT2D eigenvalue weighted by molar-refractivity contribution is -0.112. The van der Waals surface area contributed by atoms with Crippen molar-refractivity contribution in [2.45, 2.75) is 17.4 Å². The number of ether oxygens (including phenoxy) is 2. The molecule has 4 rings (SSSR count). The van der Waals surface area contributed by atoms with Crippen molar-refractivity contribution in [3.63, 3.8) is 0 Å². The van der Waals surface area contributed by atoms with E-state index in [9.17, 15) is 14.4 Å². The predicted octanol–water partition coefficient (Wildman–Crippen LogP) is 3.17. The summed E-state index contributed by atoms with van der Waals surface area (Å²) in [4.78, 5) is 38.4. The zero-order valence-electron chi connectivity index (χ0n) is 16.3. The SMILES string of the molecule is COc1ccc2c(c1)C(=O)N(CCOc1ccc(CC3NC(=O)SC3=O)cc1)CS2. The maximum Gasteiger partial charge on any atom is 0.287 e. The fourth-order valence-corrected chi connectivity index (χ4v) is 4.91. The summed E-state index contributed by atoms with van der Waals surface area (Å²) < 4.78 is 11.0. The fraction of sp³-hybridized carbons (Fsp3) is 0.286. The van der Waals surface area contributed by atoms with Crippen LogP contribution in [0.5, 0.6) is 11.5 Å². The van der Waals surface area contributed by atoms with Crippen molar-refractivity contribution in [1.82, 2.24) is 10.2 Å². The lowest BCUT2D eigenvalue weighted by Gasteiger charge is -2.28. The molecule has 0 radical (unpaired) electrons. The number of hydrogen-bond donors (Lipinski definition) is 1. The van der Waals surface area contributed by atoms with E-state index in [-0.39, 0.29) is 16.3 Å². The molecular formula is C21H20N2O5S2. The van der Waals surface area contributed by atoms with Crippen LogP contribution in [0.2, 0.25) is 0 Å². The smallest absolute Gasteiger partial charge is 0.287 e. The van der Waals surface area contributed by atoms with E-state index in [1.54, 1.807) is 29.8 Å². The van der Waals surface area contributed by atoms with Crippen molar-refractivity contribution in [2.75, 3.05) is 26.1 Å². The van der Waals surface area contributed by atoms with Crippen LogP contribution < -0.4 is 14.8 Å². The minimum atomic E-state index is -0.474. The molecule has 1 fully saturated rings. The van der Waals surface area contributed by atoms with Crippen LogP contribution in [-0.4, -0.2) is 53.3 Å². The van der Waals surface area contributed by atoms with E-state index in [1.807, 2.05) is 36.4 Å². The van der Waals surface area contributed by atoms with Crippen molar-refractivity contribution in [3.8, 4) is 11.5 Å². The summed E-state index contributed by atoms with van der Waals surface area (Å²) in [7, 11) is 1.58. The van der Waals surface area contributed by atoms with Gasteiger partial charge in [0.25, 0.3) is 11.1 Å². The van der Waals surface area contributed by atoms with Gasteiger partial charge in [-0.1, -0.05) is 12.1 Å². The molecule has 2 aromatic rings. The first-order chi connectivity index (χ1) is 14.5. The summed E-state index contributed by atoms with van der Waals surface area (Å²) in [6.45, 7) is 0.850. The van der Waals surface area contributed by atoms with Gasteiger partial charge in [-0.25, -0.2) is 0 Å². The summed E-state index contributed by atoms with van der Waals surface area (Å²) in [5, 5.41) is 2.21.